The first-order valence-corrected chi connectivity index (χ1v) is 9.00. The largest absolute Gasteiger partial charge is 0.379 e. The summed E-state index contributed by atoms with van der Waals surface area (Å²) in [6, 6.07) is 8.48. The van der Waals surface area contributed by atoms with Crippen LogP contribution in [0, 0.1) is 5.41 Å². The number of amides is 1. The summed E-state index contributed by atoms with van der Waals surface area (Å²) >= 11 is 0. The lowest BCUT2D eigenvalue weighted by atomic mass is 9.81. The molecule has 0 saturated carbocycles. The molecule has 0 unspecified atom stereocenters. The first-order chi connectivity index (χ1) is 11.6. The summed E-state index contributed by atoms with van der Waals surface area (Å²) in [5, 5.41) is 3.05. The summed E-state index contributed by atoms with van der Waals surface area (Å²) in [6.07, 6.45) is 1.54. The zero-order valence-electron chi connectivity index (χ0n) is 15.0. The van der Waals surface area contributed by atoms with Crippen LogP contribution in [0.3, 0.4) is 0 Å². The van der Waals surface area contributed by atoms with Gasteiger partial charge in [0.2, 0.25) is 5.91 Å². The van der Waals surface area contributed by atoms with E-state index in [1.54, 1.807) is 0 Å². The quantitative estimate of drug-likeness (QED) is 0.762. The van der Waals surface area contributed by atoms with Crippen LogP contribution in [0.1, 0.15) is 37.8 Å². The number of hydrogen-bond donors (Lipinski definition) is 2. The van der Waals surface area contributed by atoms with Gasteiger partial charge >= 0.3 is 0 Å². The Balaban J connectivity index is 1.86. The molecule has 0 radical (unpaired) electrons. The average Bonchev–Trinajstić information content (AvgIpc) is 2.64. The van der Waals surface area contributed by atoms with Gasteiger partial charge in [0.15, 0.2) is 0 Å². The fourth-order valence-electron chi connectivity index (χ4n) is 3.10. The molecule has 1 saturated heterocycles. The third-order valence-electron chi connectivity index (χ3n) is 5.21. The van der Waals surface area contributed by atoms with Gasteiger partial charge in [-0.05, 0) is 24.0 Å². The second-order valence-corrected chi connectivity index (χ2v) is 6.58. The van der Waals surface area contributed by atoms with Crippen LogP contribution in [0.5, 0.6) is 0 Å². The molecule has 0 aromatic heterocycles. The number of ether oxygens (including phenoxy) is 1. The van der Waals surface area contributed by atoms with Crippen molar-refractivity contribution in [3.63, 3.8) is 0 Å². The second-order valence-electron chi connectivity index (χ2n) is 6.58. The van der Waals surface area contributed by atoms with Crippen molar-refractivity contribution < 1.29 is 9.53 Å². The predicted molar refractivity (Wildman–Crippen MR) is 96.5 cm³/mol. The molecular weight excluding hydrogens is 302 g/mol. The molecule has 134 valence electrons. The Kier molecular flexibility index (Phi) is 7.21. The lowest BCUT2D eigenvalue weighted by molar-refractivity contribution is -0.131. The van der Waals surface area contributed by atoms with E-state index in [2.05, 4.69) is 34.5 Å². The predicted octanol–water partition coefficient (Wildman–Crippen LogP) is 1.90. The smallest absolute Gasteiger partial charge is 0.227 e. The number of hydrogen-bond acceptors (Lipinski definition) is 4. The molecular formula is C19H31N3O2. The number of nitrogens with zero attached hydrogens (tertiary/aromatic N) is 1. The minimum Gasteiger partial charge on any atom is -0.379 e. The number of nitrogens with one attached hydrogen (secondary N) is 1. The molecule has 1 aromatic rings. The van der Waals surface area contributed by atoms with Gasteiger partial charge in [0.05, 0.1) is 18.6 Å². The van der Waals surface area contributed by atoms with Crippen LogP contribution in [0.2, 0.25) is 0 Å². The van der Waals surface area contributed by atoms with Crippen molar-refractivity contribution in [2.24, 2.45) is 11.1 Å². The molecule has 1 aliphatic rings. The fourth-order valence-corrected chi connectivity index (χ4v) is 3.10. The van der Waals surface area contributed by atoms with E-state index in [4.69, 9.17) is 10.5 Å². The van der Waals surface area contributed by atoms with E-state index in [9.17, 15) is 4.79 Å². The van der Waals surface area contributed by atoms with Crippen molar-refractivity contribution in [2.75, 3.05) is 32.8 Å². The fraction of sp³-hybridized carbons (Fsp3) is 0.632. The maximum atomic E-state index is 12.5. The average molecular weight is 333 g/mol. The topological polar surface area (TPSA) is 67.6 Å². The Bertz CT molecular complexity index is 498. The molecule has 3 N–H and O–H groups in total. The van der Waals surface area contributed by atoms with Crippen molar-refractivity contribution >= 4 is 5.91 Å². The normalized spacial score (nSPS) is 16.1. The number of morpholine rings is 1. The van der Waals surface area contributed by atoms with Crippen LogP contribution >= 0.6 is 0 Å². The van der Waals surface area contributed by atoms with Gasteiger partial charge in [-0.15, -0.1) is 0 Å². The molecule has 24 heavy (non-hydrogen) atoms. The zero-order valence-corrected chi connectivity index (χ0v) is 15.0. The summed E-state index contributed by atoms with van der Waals surface area (Å²) in [5.41, 5.74) is 7.81. The lowest BCUT2D eigenvalue weighted by Gasteiger charge is -2.28. The van der Waals surface area contributed by atoms with Gasteiger partial charge in [-0.2, -0.15) is 0 Å². The van der Waals surface area contributed by atoms with E-state index >= 15 is 0 Å². The van der Waals surface area contributed by atoms with E-state index in [0.717, 1.165) is 51.3 Å². The molecule has 1 fully saturated rings. The van der Waals surface area contributed by atoms with Crippen LogP contribution in [0.15, 0.2) is 24.3 Å². The summed E-state index contributed by atoms with van der Waals surface area (Å²) in [4.78, 5) is 14.9. The van der Waals surface area contributed by atoms with E-state index in [0.29, 0.717) is 13.1 Å². The van der Waals surface area contributed by atoms with Crippen molar-refractivity contribution in [2.45, 2.75) is 39.8 Å². The van der Waals surface area contributed by atoms with Crippen LogP contribution in [-0.2, 0) is 22.6 Å². The molecule has 0 atom stereocenters. The lowest BCUT2D eigenvalue weighted by Crippen LogP contribution is -2.45. The molecule has 0 bridgehead atoms. The van der Waals surface area contributed by atoms with E-state index in [1.165, 1.54) is 5.56 Å². The maximum absolute atomic E-state index is 12.5. The SMILES string of the molecule is CCC(CC)(CN)C(=O)NCc1ccc(CN2CCOCC2)cc1. The zero-order chi connectivity index (χ0) is 17.4. The Morgan fingerprint density at radius 2 is 1.75 bits per heavy atom. The third kappa shape index (κ3) is 4.79. The maximum Gasteiger partial charge on any atom is 0.227 e. The number of carbonyl (C=O) groups excluding carboxylic acids is 1. The van der Waals surface area contributed by atoms with Gasteiger partial charge in [-0.1, -0.05) is 38.1 Å². The molecule has 5 nitrogen and oxygen atoms in total. The summed E-state index contributed by atoms with van der Waals surface area (Å²) < 4.78 is 5.38. The van der Waals surface area contributed by atoms with Crippen LogP contribution in [0.4, 0.5) is 0 Å². The molecule has 1 heterocycles. The van der Waals surface area contributed by atoms with Crippen LogP contribution in [0.25, 0.3) is 0 Å². The van der Waals surface area contributed by atoms with Crippen LogP contribution in [-0.4, -0.2) is 43.7 Å². The van der Waals surface area contributed by atoms with E-state index in [1.807, 2.05) is 13.8 Å². The number of rotatable bonds is 8. The van der Waals surface area contributed by atoms with Crippen molar-refractivity contribution in [1.82, 2.24) is 10.2 Å². The van der Waals surface area contributed by atoms with Crippen molar-refractivity contribution in [3.05, 3.63) is 35.4 Å². The molecule has 0 aliphatic carbocycles. The molecule has 0 spiro atoms. The Hall–Kier alpha value is -1.43. The Labute approximate surface area is 145 Å². The molecule has 1 aromatic carbocycles. The highest BCUT2D eigenvalue weighted by atomic mass is 16.5. The summed E-state index contributed by atoms with van der Waals surface area (Å²) in [6.45, 7) is 9.58. The van der Waals surface area contributed by atoms with Gasteiger partial charge in [-0.25, -0.2) is 0 Å². The Morgan fingerprint density at radius 1 is 1.17 bits per heavy atom. The Morgan fingerprint density at radius 3 is 2.29 bits per heavy atom. The van der Waals surface area contributed by atoms with Gasteiger partial charge in [0.1, 0.15) is 0 Å². The molecule has 1 amide bonds. The van der Waals surface area contributed by atoms with Gasteiger partial charge in [0, 0.05) is 32.7 Å². The highest BCUT2D eigenvalue weighted by molar-refractivity contribution is 5.82. The minimum atomic E-state index is -0.434. The molecule has 5 heteroatoms. The van der Waals surface area contributed by atoms with Gasteiger partial charge in [0.25, 0.3) is 0 Å². The summed E-state index contributed by atoms with van der Waals surface area (Å²) in [7, 11) is 0. The van der Waals surface area contributed by atoms with Gasteiger partial charge in [-0.3, -0.25) is 9.69 Å². The number of benzene rings is 1. The van der Waals surface area contributed by atoms with Gasteiger partial charge < -0.3 is 15.8 Å². The highest BCUT2D eigenvalue weighted by Crippen LogP contribution is 2.25. The van der Waals surface area contributed by atoms with Crippen molar-refractivity contribution in [1.29, 1.82) is 0 Å². The standard InChI is InChI=1S/C19H31N3O2/c1-3-19(4-2,15-20)18(23)21-13-16-5-7-17(8-6-16)14-22-9-11-24-12-10-22/h5-8H,3-4,9-15,20H2,1-2H3,(H,21,23). The monoisotopic (exact) mass is 333 g/mol. The highest BCUT2D eigenvalue weighted by Gasteiger charge is 2.32. The first-order valence-electron chi connectivity index (χ1n) is 9.00. The molecule has 2 rings (SSSR count). The third-order valence-corrected chi connectivity index (χ3v) is 5.21. The molecule has 1 aliphatic heterocycles. The van der Waals surface area contributed by atoms with E-state index in [-0.39, 0.29) is 5.91 Å². The number of nitrogens with two attached hydrogens (primary N) is 1. The first kappa shape index (κ1) is 18.9. The van der Waals surface area contributed by atoms with Crippen LogP contribution < -0.4 is 11.1 Å². The van der Waals surface area contributed by atoms with E-state index < -0.39 is 5.41 Å². The van der Waals surface area contributed by atoms with Crippen molar-refractivity contribution in [3.8, 4) is 0 Å². The minimum absolute atomic E-state index is 0.0624. The number of carbonyl (C=O) groups is 1. The summed E-state index contributed by atoms with van der Waals surface area (Å²) in [5.74, 6) is 0.0624. The second kappa shape index (κ2) is 9.16.